The van der Waals surface area contributed by atoms with Gasteiger partial charge in [0.15, 0.2) is 0 Å². The number of nitrogens with zero attached hydrogens (tertiary/aromatic N) is 1. The van der Waals surface area contributed by atoms with E-state index >= 15 is 0 Å². The van der Waals surface area contributed by atoms with E-state index in [0.717, 1.165) is 11.3 Å². The van der Waals surface area contributed by atoms with Crippen LogP contribution in [0.1, 0.15) is 5.56 Å². The summed E-state index contributed by atoms with van der Waals surface area (Å²) in [7, 11) is -3.67. The van der Waals surface area contributed by atoms with Crippen LogP contribution in [0.15, 0.2) is 53.4 Å². The average Bonchev–Trinajstić information content (AvgIpc) is 2.61. The molecule has 1 fully saturated rings. The second-order valence-electron chi connectivity index (χ2n) is 6.08. The SMILES string of the molecule is Cc1cccc(N2CC(CNS(=O)(=O)c3ccc(Cl)cc3)OCC2=O)c1. The van der Waals surface area contributed by atoms with Crippen molar-refractivity contribution in [1.29, 1.82) is 0 Å². The Morgan fingerprint density at radius 3 is 2.65 bits per heavy atom. The maximum atomic E-state index is 12.4. The third kappa shape index (κ3) is 4.42. The Morgan fingerprint density at radius 2 is 1.96 bits per heavy atom. The number of morpholine rings is 1. The van der Waals surface area contributed by atoms with Gasteiger partial charge in [-0.25, -0.2) is 13.1 Å². The molecule has 2 aromatic rings. The highest BCUT2D eigenvalue weighted by molar-refractivity contribution is 7.89. The lowest BCUT2D eigenvalue weighted by Crippen LogP contribution is -2.50. The van der Waals surface area contributed by atoms with E-state index in [4.69, 9.17) is 16.3 Å². The Labute approximate surface area is 157 Å². The van der Waals surface area contributed by atoms with Gasteiger partial charge in [-0.3, -0.25) is 4.79 Å². The highest BCUT2D eigenvalue weighted by atomic mass is 35.5. The number of halogens is 1. The molecule has 0 radical (unpaired) electrons. The summed E-state index contributed by atoms with van der Waals surface area (Å²) in [4.78, 5) is 13.9. The van der Waals surface area contributed by atoms with Gasteiger partial charge in [0.2, 0.25) is 10.0 Å². The van der Waals surface area contributed by atoms with Gasteiger partial charge in [0.25, 0.3) is 5.91 Å². The second-order valence-corrected chi connectivity index (χ2v) is 8.29. The number of rotatable bonds is 5. The first-order valence-corrected chi connectivity index (χ1v) is 9.95. The third-order valence-corrected chi connectivity index (χ3v) is 5.76. The molecule has 26 heavy (non-hydrogen) atoms. The predicted molar refractivity (Wildman–Crippen MR) is 99.9 cm³/mol. The van der Waals surface area contributed by atoms with Crippen LogP contribution in [0.25, 0.3) is 0 Å². The van der Waals surface area contributed by atoms with Gasteiger partial charge in [-0.15, -0.1) is 0 Å². The van der Waals surface area contributed by atoms with Crippen LogP contribution in [0, 0.1) is 6.92 Å². The van der Waals surface area contributed by atoms with Crippen LogP contribution in [0.3, 0.4) is 0 Å². The van der Waals surface area contributed by atoms with Crippen LogP contribution >= 0.6 is 11.6 Å². The molecule has 0 aliphatic carbocycles. The summed E-state index contributed by atoms with van der Waals surface area (Å²) in [6.07, 6.45) is -0.435. The highest BCUT2D eigenvalue weighted by Crippen LogP contribution is 2.20. The third-order valence-electron chi connectivity index (χ3n) is 4.07. The van der Waals surface area contributed by atoms with Crippen molar-refractivity contribution in [2.24, 2.45) is 0 Å². The molecule has 1 heterocycles. The maximum Gasteiger partial charge on any atom is 0.253 e. The summed E-state index contributed by atoms with van der Waals surface area (Å²) in [5.41, 5.74) is 1.82. The molecule has 2 aromatic carbocycles. The largest absolute Gasteiger partial charge is 0.365 e. The van der Waals surface area contributed by atoms with Crippen molar-refractivity contribution in [2.45, 2.75) is 17.9 Å². The lowest BCUT2D eigenvalue weighted by molar-refractivity contribution is -0.129. The quantitative estimate of drug-likeness (QED) is 0.844. The summed E-state index contributed by atoms with van der Waals surface area (Å²) >= 11 is 5.79. The van der Waals surface area contributed by atoms with E-state index < -0.39 is 16.1 Å². The van der Waals surface area contributed by atoms with Crippen LogP contribution in [0.2, 0.25) is 5.02 Å². The number of aryl methyl sites for hydroxylation is 1. The summed E-state index contributed by atoms with van der Waals surface area (Å²) in [5.74, 6) is -0.146. The molecule has 1 saturated heterocycles. The molecule has 1 amide bonds. The van der Waals surface area contributed by atoms with Crippen molar-refractivity contribution >= 4 is 33.2 Å². The Kier molecular flexibility index (Phi) is 5.62. The van der Waals surface area contributed by atoms with Gasteiger partial charge >= 0.3 is 0 Å². The Morgan fingerprint density at radius 1 is 1.23 bits per heavy atom. The maximum absolute atomic E-state index is 12.4. The summed E-state index contributed by atoms with van der Waals surface area (Å²) in [6.45, 7) is 2.22. The predicted octanol–water partition coefficient (Wildman–Crippen LogP) is 2.36. The van der Waals surface area contributed by atoms with Gasteiger partial charge in [-0.05, 0) is 48.9 Å². The first-order valence-electron chi connectivity index (χ1n) is 8.09. The van der Waals surface area contributed by atoms with E-state index in [1.165, 1.54) is 24.3 Å². The number of benzene rings is 2. The van der Waals surface area contributed by atoms with E-state index in [1.54, 1.807) is 4.90 Å². The van der Waals surface area contributed by atoms with Crippen molar-refractivity contribution in [3.8, 4) is 0 Å². The molecule has 1 N–H and O–H groups in total. The number of amides is 1. The summed E-state index contributed by atoms with van der Waals surface area (Å²) in [6, 6.07) is 13.5. The Bertz CT molecular complexity index is 900. The van der Waals surface area contributed by atoms with Gasteiger partial charge < -0.3 is 9.64 Å². The summed E-state index contributed by atoms with van der Waals surface area (Å²) in [5, 5.41) is 0.465. The van der Waals surface area contributed by atoms with Crippen LogP contribution < -0.4 is 9.62 Å². The first kappa shape index (κ1) is 18.8. The van der Waals surface area contributed by atoms with Gasteiger partial charge in [0.05, 0.1) is 17.5 Å². The van der Waals surface area contributed by atoms with Gasteiger partial charge in [-0.2, -0.15) is 0 Å². The number of carbonyl (C=O) groups excluding carboxylic acids is 1. The first-order chi connectivity index (χ1) is 12.3. The standard InChI is InChI=1S/C18H19ClN2O4S/c1-13-3-2-4-15(9-13)21-11-16(25-12-18(21)22)10-20-26(23,24)17-7-5-14(19)6-8-17/h2-9,16,20H,10-12H2,1H3. The number of hydrogen-bond donors (Lipinski definition) is 1. The minimum absolute atomic E-state index is 0.0700. The van der Waals surface area contributed by atoms with E-state index in [2.05, 4.69) is 4.72 Å². The van der Waals surface area contributed by atoms with Crippen LogP contribution in [-0.4, -0.2) is 40.1 Å². The van der Waals surface area contributed by atoms with Crippen molar-refractivity contribution in [3.63, 3.8) is 0 Å². The Balaban J connectivity index is 1.67. The van der Waals surface area contributed by atoms with Crippen molar-refractivity contribution in [3.05, 3.63) is 59.1 Å². The molecule has 8 heteroatoms. The number of carbonyl (C=O) groups is 1. The fourth-order valence-electron chi connectivity index (χ4n) is 2.69. The number of nitrogens with one attached hydrogen (secondary N) is 1. The molecular weight excluding hydrogens is 376 g/mol. The topological polar surface area (TPSA) is 75.7 Å². The lowest BCUT2D eigenvalue weighted by atomic mass is 10.2. The zero-order valence-corrected chi connectivity index (χ0v) is 15.8. The molecule has 138 valence electrons. The van der Waals surface area contributed by atoms with Gasteiger partial charge in [0.1, 0.15) is 6.61 Å². The van der Waals surface area contributed by atoms with Crippen LogP contribution in [-0.2, 0) is 19.6 Å². The van der Waals surface area contributed by atoms with Gasteiger partial charge in [0, 0.05) is 17.3 Å². The fraction of sp³-hybridized carbons (Fsp3) is 0.278. The summed E-state index contributed by atoms with van der Waals surface area (Å²) < 4.78 is 32.7. The highest BCUT2D eigenvalue weighted by Gasteiger charge is 2.28. The number of ether oxygens (including phenoxy) is 1. The fourth-order valence-corrected chi connectivity index (χ4v) is 3.89. The van der Waals surface area contributed by atoms with E-state index in [-0.39, 0.29) is 30.5 Å². The van der Waals surface area contributed by atoms with E-state index in [1.807, 2.05) is 31.2 Å². The number of hydrogen-bond acceptors (Lipinski definition) is 4. The zero-order valence-electron chi connectivity index (χ0n) is 14.2. The van der Waals surface area contributed by atoms with E-state index in [0.29, 0.717) is 5.02 Å². The zero-order chi connectivity index (χ0) is 18.7. The van der Waals surface area contributed by atoms with Gasteiger partial charge in [-0.1, -0.05) is 23.7 Å². The van der Waals surface area contributed by atoms with E-state index in [9.17, 15) is 13.2 Å². The molecule has 1 atom stereocenters. The van der Waals surface area contributed by atoms with Crippen molar-refractivity contribution in [2.75, 3.05) is 24.6 Å². The molecule has 0 aromatic heterocycles. The normalized spacial score (nSPS) is 18.2. The Hall–Kier alpha value is -1.93. The molecule has 1 aliphatic heterocycles. The minimum Gasteiger partial charge on any atom is -0.365 e. The molecule has 0 saturated carbocycles. The van der Waals surface area contributed by atoms with Crippen molar-refractivity contribution < 1.29 is 17.9 Å². The molecule has 1 aliphatic rings. The number of sulfonamides is 1. The monoisotopic (exact) mass is 394 g/mol. The molecule has 1 unspecified atom stereocenters. The van der Waals surface area contributed by atoms with Crippen LogP contribution in [0.5, 0.6) is 0 Å². The van der Waals surface area contributed by atoms with Crippen LogP contribution in [0.4, 0.5) is 5.69 Å². The van der Waals surface area contributed by atoms with Crippen molar-refractivity contribution in [1.82, 2.24) is 4.72 Å². The molecule has 0 bridgehead atoms. The number of anilines is 1. The second kappa shape index (κ2) is 7.75. The smallest absolute Gasteiger partial charge is 0.253 e. The molecule has 6 nitrogen and oxygen atoms in total. The lowest BCUT2D eigenvalue weighted by Gasteiger charge is -2.33. The molecular formula is C18H19ClN2O4S. The minimum atomic E-state index is -3.67. The average molecular weight is 395 g/mol. The molecule has 0 spiro atoms. The molecule has 3 rings (SSSR count).